The molecule has 3 aromatic heterocycles. The fourth-order valence-electron chi connectivity index (χ4n) is 3.74. The second-order valence-corrected chi connectivity index (χ2v) is 9.01. The van der Waals surface area contributed by atoms with Gasteiger partial charge in [-0.1, -0.05) is 30.0 Å². The lowest BCUT2D eigenvalue weighted by Gasteiger charge is -2.11. The van der Waals surface area contributed by atoms with E-state index in [1.165, 1.54) is 23.5 Å². The summed E-state index contributed by atoms with van der Waals surface area (Å²) in [6, 6.07) is 14.4. The van der Waals surface area contributed by atoms with Crippen LogP contribution in [0.1, 0.15) is 16.7 Å². The minimum Gasteiger partial charge on any atom is -0.383 e. The molecule has 2 amide bonds. The van der Waals surface area contributed by atoms with E-state index < -0.39 is 17.8 Å². The zero-order chi connectivity index (χ0) is 26.7. The van der Waals surface area contributed by atoms with Crippen LogP contribution in [0.2, 0.25) is 0 Å². The van der Waals surface area contributed by atoms with Crippen molar-refractivity contribution in [2.45, 2.75) is 6.18 Å². The summed E-state index contributed by atoms with van der Waals surface area (Å²) < 4.78 is 39.6. The quantitative estimate of drug-likeness (QED) is 0.219. The van der Waals surface area contributed by atoms with E-state index in [9.17, 15) is 18.0 Å². The molecule has 0 saturated carbocycles. The fraction of sp³-hybridized carbons (Fsp3) is 0.0357. The Morgan fingerprint density at radius 2 is 1.68 bits per heavy atom. The zero-order valence-corrected chi connectivity index (χ0v) is 20.3. The van der Waals surface area contributed by atoms with Crippen LogP contribution in [0.25, 0.3) is 21.2 Å². The Labute approximate surface area is 219 Å². The van der Waals surface area contributed by atoms with E-state index in [4.69, 9.17) is 5.73 Å². The Morgan fingerprint density at radius 1 is 0.947 bits per heavy atom. The number of hydrogen-bond acceptors (Lipinski definition) is 5. The van der Waals surface area contributed by atoms with Crippen molar-refractivity contribution >= 4 is 44.6 Å². The Kier molecular flexibility index (Phi) is 6.68. The minimum atomic E-state index is -4.50. The molecule has 0 fully saturated rings. The molecular formula is C28H18F3N5OS. The number of nitrogens with one attached hydrogen (secondary N) is 2. The number of urea groups is 1. The topological polar surface area (TPSA) is 92.9 Å². The van der Waals surface area contributed by atoms with E-state index in [1.54, 1.807) is 30.7 Å². The smallest absolute Gasteiger partial charge is 0.383 e. The van der Waals surface area contributed by atoms with Crippen molar-refractivity contribution < 1.29 is 18.0 Å². The number of halogens is 3. The van der Waals surface area contributed by atoms with Gasteiger partial charge in [0, 0.05) is 46.5 Å². The number of alkyl halides is 3. The Balaban J connectivity index is 1.34. The van der Waals surface area contributed by atoms with Crippen LogP contribution in [0.4, 0.5) is 35.2 Å². The van der Waals surface area contributed by atoms with E-state index in [2.05, 4.69) is 32.4 Å². The standard InChI is InChI=1S/C28H18F3N5OS/c29-28(30,31)20-2-1-3-22(14-20)36-27(37)35-21-8-6-18(7-9-21)23-16-38-25-19(15-34-26(32)24(23)25)5-4-17-10-12-33-13-11-17/h1-3,6-16H,(H2,32,34)(H2,35,36,37). The van der Waals surface area contributed by atoms with Crippen LogP contribution in [0.3, 0.4) is 0 Å². The number of hydrogen-bond donors (Lipinski definition) is 3. The normalized spacial score (nSPS) is 11.0. The molecule has 4 N–H and O–H groups in total. The number of thiophene rings is 1. The molecule has 0 aliphatic heterocycles. The third-order valence-electron chi connectivity index (χ3n) is 5.55. The number of nitrogen functional groups attached to an aromatic ring is 1. The van der Waals surface area contributed by atoms with Crippen LogP contribution in [0.5, 0.6) is 0 Å². The molecule has 0 atom stereocenters. The van der Waals surface area contributed by atoms with Crippen molar-refractivity contribution in [1.82, 2.24) is 9.97 Å². The highest BCUT2D eigenvalue weighted by Crippen LogP contribution is 2.38. The van der Waals surface area contributed by atoms with Gasteiger partial charge in [-0.3, -0.25) is 4.98 Å². The molecular weight excluding hydrogens is 511 g/mol. The predicted octanol–water partition coefficient (Wildman–Crippen LogP) is 7.00. The SMILES string of the molecule is Nc1ncc(C#Cc2ccncc2)c2scc(-c3ccc(NC(=O)Nc4cccc(C(F)(F)F)c4)cc3)c12. The average molecular weight is 530 g/mol. The van der Waals surface area contributed by atoms with Gasteiger partial charge in [-0.15, -0.1) is 11.3 Å². The number of nitrogens with two attached hydrogens (primary N) is 1. The number of carbonyl (C=O) groups is 1. The van der Waals surface area contributed by atoms with Gasteiger partial charge in [0.2, 0.25) is 0 Å². The van der Waals surface area contributed by atoms with Gasteiger partial charge in [-0.25, -0.2) is 9.78 Å². The van der Waals surface area contributed by atoms with E-state index in [-0.39, 0.29) is 5.69 Å². The monoisotopic (exact) mass is 529 g/mol. The van der Waals surface area contributed by atoms with Gasteiger partial charge < -0.3 is 16.4 Å². The number of anilines is 3. The van der Waals surface area contributed by atoms with Crippen LogP contribution in [-0.2, 0) is 6.18 Å². The van der Waals surface area contributed by atoms with Gasteiger partial charge in [-0.05, 0) is 53.4 Å². The Hall–Kier alpha value is -4.88. The maximum Gasteiger partial charge on any atom is 0.416 e. The molecule has 5 aromatic rings. The Bertz CT molecular complexity index is 1690. The summed E-state index contributed by atoms with van der Waals surface area (Å²) in [5, 5.41) is 7.81. The van der Waals surface area contributed by atoms with Gasteiger partial charge in [0.25, 0.3) is 0 Å². The largest absolute Gasteiger partial charge is 0.416 e. The van der Waals surface area contributed by atoms with Crippen molar-refractivity contribution in [2.75, 3.05) is 16.4 Å². The minimum absolute atomic E-state index is 0.0319. The first-order chi connectivity index (χ1) is 18.3. The van der Waals surface area contributed by atoms with Crippen molar-refractivity contribution in [3.8, 4) is 23.0 Å². The third kappa shape index (κ3) is 5.43. The first-order valence-electron chi connectivity index (χ1n) is 11.2. The van der Waals surface area contributed by atoms with E-state index in [1.807, 2.05) is 29.6 Å². The summed E-state index contributed by atoms with van der Waals surface area (Å²) in [6.45, 7) is 0. The van der Waals surface area contributed by atoms with Crippen LogP contribution >= 0.6 is 11.3 Å². The van der Waals surface area contributed by atoms with E-state index >= 15 is 0 Å². The molecule has 188 valence electrons. The zero-order valence-electron chi connectivity index (χ0n) is 19.5. The highest BCUT2D eigenvalue weighted by atomic mass is 32.1. The van der Waals surface area contributed by atoms with Gasteiger partial charge in [0.1, 0.15) is 5.82 Å². The number of pyridine rings is 2. The van der Waals surface area contributed by atoms with E-state index in [0.717, 1.165) is 44.5 Å². The highest BCUT2D eigenvalue weighted by Gasteiger charge is 2.30. The number of rotatable bonds is 3. The van der Waals surface area contributed by atoms with Gasteiger partial charge in [-0.2, -0.15) is 13.2 Å². The number of carbonyl (C=O) groups excluding carboxylic acids is 1. The van der Waals surface area contributed by atoms with Crippen LogP contribution in [-0.4, -0.2) is 16.0 Å². The molecule has 0 aliphatic carbocycles. The number of amides is 2. The van der Waals surface area contributed by atoms with Gasteiger partial charge >= 0.3 is 12.2 Å². The fourth-order valence-corrected chi connectivity index (χ4v) is 4.80. The molecule has 0 saturated heterocycles. The molecule has 0 unspecified atom stereocenters. The molecule has 6 nitrogen and oxygen atoms in total. The number of nitrogens with zero attached hydrogens (tertiary/aromatic N) is 2. The molecule has 0 spiro atoms. The first kappa shape index (κ1) is 24.8. The third-order valence-corrected chi connectivity index (χ3v) is 6.56. The predicted molar refractivity (Wildman–Crippen MR) is 144 cm³/mol. The summed E-state index contributed by atoms with van der Waals surface area (Å²) in [6.07, 6.45) is 0.513. The first-order valence-corrected chi connectivity index (χ1v) is 12.1. The van der Waals surface area contributed by atoms with Gasteiger partial charge in [0.05, 0.1) is 15.8 Å². The molecule has 3 heterocycles. The molecule has 0 aliphatic rings. The summed E-state index contributed by atoms with van der Waals surface area (Å²) >= 11 is 1.51. The van der Waals surface area contributed by atoms with Gasteiger partial charge in [0.15, 0.2) is 0 Å². The summed E-state index contributed by atoms with van der Waals surface area (Å²) in [5.41, 5.74) is 9.20. The van der Waals surface area contributed by atoms with Crippen LogP contribution < -0.4 is 16.4 Å². The maximum atomic E-state index is 12.9. The molecule has 0 bridgehead atoms. The van der Waals surface area contributed by atoms with Crippen molar-refractivity contribution in [2.24, 2.45) is 0 Å². The number of aromatic nitrogens is 2. The summed E-state index contributed by atoms with van der Waals surface area (Å²) in [4.78, 5) is 20.7. The number of benzene rings is 2. The second-order valence-electron chi connectivity index (χ2n) is 8.13. The molecule has 5 rings (SSSR count). The lowest BCUT2D eigenvalue weighted by molar-refractivity contribution is -0.137. The average Bonchev–Trinajstić information content (AvgIpc) is 3.35. The number of fused-ring (bicyclic) bond motifs is 1. The van der Waals surface area contributed by atoms with Crippen molar-refractivity contribution in [3.63, 3.8) is 0 Å². The van der Waals surface area contributed by atoms with E-state index in [0.29, 0.717) is 11.5 Å². The lowest BCUT2D eigenvalue weighted by Crippen LogP contribution is -2.19. The van der Waals surface area contributed by atoms with Crippen molar-refractivity contribution in [1.29, 1.82) is 0 Å². The highest BCUT2D eigenvalue weighted by molar-refractivity contribution is 7.18. The Morgan fingerprint density at radius 3 is 2.42 bits per heavy atom. The van der Waals surface area contributed by atoms with Crippen molar-refractivity contribution in [3.05, 3.63) is 101 Å². The second kappa shape index (κ2) is 10.2. The van der Waals surface area contributed by atoms with Crippen LogP contribution in [0, 0.1) is 11.8 Å². The summed E-state index contributed by atoms with van der Waals surface area (Å²) in [7, 11) is 0. The molecule has 2 aromatic carbocycles. The molecule has 10 heteroatoms. The summed E-state index contributed by atoms with van der Waals surface area (Å²) in [5.74, 6) is 6.65. The van der Waals surface area contributed by atoms with Crippen LogP contribution in [0.15, 0.2) is 84.6 Å². The lowest BCUT2D eigenvalue weighted by atomic mass is 10.0. The molecule has 0 radical (unpaired) electrons. The maximum absolute atomic E-state index is 12.9. The molecule has 38 heavy (non-hydrogen) atoms.